The van der Waals surface area contributed by atoms with E-state index in [9.17, 15) is 13.2 Å². The van der Waals surface area contributed by atoms with Crippen molar-refractivity contribution in [2.45, 2.75) is 19.6 Å². The van der Waals surface area contributed by atoms with Crippen molar-refractivity contribution in [3.63, 3.8) is 0 Å². The summed E-state index contributed by atoms with van der Waals surface area (Å²) in [5.74, 6) is 1.54. The van der Waals surface area contributed by atoms with E-state index in [1.807, 2.05) is 36.1 Å². The summed E-state index contributed by atoms with van der Waals surface area (Å²) in [5.41, 5.74) is 1.03. The first kappa shape index (κ1) is 19.3. The predicted octanol–water partition coefficient (Wildman–Crippen LogP) is 3.18. The molecular weight excluding hydrogens is 385 g/mol. The molecule has 152 valence electrons. The Hall–Kier alpha value is -3.01. The number of anilines is 1. The second-order valence-corrected chi connectivity index (χ2v) is 6.86. The second-order valence-electron chi connectivity index (χ2n) is 6.86. The third-order valence-corrected chi connectivity index (χ3v) is 4.85. The number of hydrogen-bond acceptors (Lipinski definition) is 7. The highest BCUT2D eigenvalue weighted by Gasteiger charge is 2.33. The van der Waals surface area contributed by atoms with Crippen molar-refractivity contribution in [3.8, 4) is 11.4 Å². The van der Waals surface area contributed by atoms with Crippen LogP contribution in [0.4, 0.5) is 19.0 Å². The van der Waals surface area contributed by atoms with E-state index in [0.29, 0.717) is 50.3 Å². The van der Waals surface area contributed by atoms with E-state index >= 15 is 0 Å². The maximum atomic E-state index is 12.6. The number of alkyl halides is 3. The third kappa shape index (κ3) is 4.37. The Labute approximate surface area is 165 Å². The van der Waals surface area contributed by atoms with E-state index in [2.05, 4.69) is 25.2 Å². The van der Waals surface area contributed by atoms with Crippen LogP contribution < -0.4 is 4.90 Å². The quantitative estimate of drug-likeness (QED) is 0.661. The molecule has 0 N–H and O–H groups in total. The maximum absolute atomic E-state index is 12.6. The highest BCUT2D eigenvalue weighted by molar-refractivity contribution is 5.58. The summed E-state index contributed by atoms with van der Waals surface area (Å²) in [7, 11) is 0. The van der Waals surface area contributed by atoms with E-state index in [-0.39, 0.29) is 0 Å². The van der Waals surface area contributed by atoms with Gasteiger partial charge in [0.05, 0.1) is 6.54 Å². The lowest BCUT2D eigenvalue weighted by molar-refractivity contribution is -0.141. The Morgan fingerprint density at radius 1 is 1.00 bits per heavy atom. The molecule has 3 aromatic rings. The van der Waals surface area contributed by atoms with Gasteiger partial charge in [-0.25, -0.2) is 0 Å². The standard InChI is InChI=1S/C19H19F3N6O/c1-13-4-2-3-5-14(13)18-23-17(29-26-18)12-27-8-10-28(11-9-27)16-7-6-15(24-25-16)19(20,21)22/h2-7H,8-12H2,1H3. The number of hydrogen-bond donors (Lipinski definition) is 0. The number of aromatic nitrogens is 4. The first-order valence-corrected chi connectivity index (χ1v) is 9.17. The fraction of sp³-hybridized carbons (Fsp3) is 0.368. The van der Waals surface area contributed by atoms with Gasteiger partial charge in [-0.15, -0.1) is 10.2 Å². The molecule has 0 unspecified atom stereocenters. The monoisotopic (exact) mass is 404 g/mol. The molecule has 0 bridgehead atoms. The first-order chi connectivity index (χ1) is 13.9. The van der Waals surface area contributed by atoms with E-state index in [1.54, 1.807) is 0 Å². The number of benzene rings is 1. The van der Waals surface area contributed by atoms with Gasteiger partial charge in [-0.05, 0) is 24.6 Å². The molecule has 1 aliphatic rings. The molecule has 0 radical (unpaired) electrons. The van der Waals surface area contributed by atoms with Crippen molar-refractivity contribution in [1.82, 2.24) is 25.2 Å². The van der Waals surface area contributed by atoms with Gasteiger partial charge in [0.1, 0.15) is 0 Å². The zero-order valence-corrected chi connectivity index (χ0v) is 15.7. The van der Waals surface area contributed by atoms with Gasteiger partial charge in [0.25, 0.3) is 0 Å². The summed E-state index contributed by atoms with van der Waals surface area (Å²) >= 11 is 0. The van der Waals surface area contributed by atoms with E-state index in [0.717, 1.165) is 17.2 Å². The van der Waals surface area contributed by atoms with Gasteiger partial charge in [0, 0.05) is 31.7 Å². The fourth-order valence-electron chi connectivity index (χ4n) is 3.22. The molecule has 1 aliphatic heterocycles. The highest BCUT2D eigenvalue weighted by atomic mass is 19.4. The largest absolute Gasteiger partial charge is 0.435 e. The number of halogens is 3. The molecule has 0 saturated carbocycles. The highest BCUT2D eigenvalue weighted by Crippen LogP contribution is 2.27. The lowest BCUT2D eigenvalue weighted by Crippen LogP contribution is -2.46. The number of rotatable bonds is 4. The van der Waals surface area contributed by atoms with Crippen LogP contribution in [0, 0.1) is 6.92 Å². The Morgan fingerprint density at radius 3 is 2.41 bits per heavy atom. The molecule has 0 amide bonds. The first-order valence-electron chi connectivity index (χ1n) is 9.17. The van der Waals surface area contributed by atoms with Gasteiger partial charge >= 0.3 is 6.18 Å². The van der Waals surface area contributed by atoms with Crippen molar-refractivity contribution in [2.24, 2.45) is 0 Å². The van der Waals surface area contributed by atoms with Crippen LogP contribution in [-0.4, -0.2) is 51.4 Å². The number of piperazine rings is 1. The lowest BCUT2D eigenvalue weighted by atomic mass is 10.1. The summed E-state index contributed by atoms with van der Waals surface area (Å²) in [6.45, 7) is 5.16. The molecule has 1 fully saturated rings. The summed E-state index contributed by atoms with van der Waals surface area (Å²) in [5, 5.41) is 11.1. The topological polar surface area (TPSA) is 71.2 Å². The second kappa shape index (κ2) is 7.78. The van der Waals surface area contributed by atoms with Crippen molar-refractivity contribution in [3.05, 3.63) is 53.5 Å². The van der Waals surface area contributed by atoms with Gasteiger partial charge in [-0.3, -0.25) is 4.90 Å². The Bertz CT molecular complexity index is 965. The molecule has 0 atom stereocenters. The van der Waals surface area contributed by atoms with Crippen LogP contribution in [0.3, 0.4) is 0 Å². The smallest absolute Gasteiger partial charge is 0.353 e. The molecule has 0 spiro atoms. The van der Waals surface area contributed by atoms with Gasteiger partial charge in [0.2, 0.25) is 11.7 Å². The van der Waals surface area contributed by atoms with Crippen LogP contribution in [0.25, 0.3) is 11.4 Å². The Balaban J connectivity index is 1.34. The minimum Gasteiger partial charge on any atom is -0.353 e. The minimum absolute atomic E-state index is 0.442. The molecule has 7 nitrogen and oxygen atoms in total. The van der Waals surface area contributed by atoms with Crippen LogP contribution in [-0.2, 0) is 12.7 Å². The summed E-state index contributed by atoms with van der Waals surface area (Å²) in [6, 6.07) is 10.2. The van der Waals surface area contributed by atoms with Crippen LogP contribution in [0.1, 0.15) is 17.1 Å². The normalized spacial score (nSPS) is 15.7. The predicted molar refractivity (Wildman–Crippen MR) is 99.0 cm³/mol. The molecule has 2 aromatic heterocycles. The molecular formula is C19H19F3N6O. The Kier molecular flexibility index (Phi) is 5.18. The lowest BCUT2D eigenvalue weighted by Gasteiger charge is -2.34. The summed E-state index contributed by atoms with van der Waals surface area (Å²) in [6.07, 6.45) is -4.48. The van der Waals surface area contributed by atoms with Crippen LogP contribution >= 0.6 is 0 Å². The molecule has 0 aliphatic carbocycles. The fourth-order valence-corrected chi connectivity index (χ4v) is 3.22. The van der Waals surface area contributed by atoms with Crippen molar-refractivity contribution < 1.29 is 17.7 Å². The van der Waals surface area contributed by atoms with Crippen molar-refractivity contribution in [1.29, 1.82) is 0 Å². The van der Waals surface area contributed by atoms with Crippen molar-refractivity contribution in [2.75, 3.05) is 31.1 Å². The van der Waals surface area contributed by atoms with Crippen LogP contribution in [0.15, 0.2) is 40.9 Å². The summed E-state index contributed by atoms with van der Waals surface area (Å²) in [4.78, 5) is 8.55. The molecule has 1 aromatic carbocycles. The zero-order chi connectivity index (χ0) is 20.4. The molecule has 29 heavy (non-hydrogen) atoms. The average Bonchev–Trinajstić information content (AvgIpc) is 3.16. The van der Waals surface area contributed by atoms with E-state index < -0.39 is 11.9 Å². The van der Waals surface area contributed by atoms with Crippen LogP contribution in [0.2, 0.25) is 0 Å². The van der Waals surface area contributed by atoms with Gasteiger partial charge in [0.15, 0.2) is 11.5 Å². The number of aryl methyl sites for hydroxylation is 1. The number of nitrogens with zero attached hydrogens (tertiary/aromatic N) is 6. The third-order valence-electron chi connectivity index (χ3n) is 4.85. The van der Waals surface area contributed by atoms with Gasteiger partial charge < -0.3 is 9.42 Å². The van der Waals surface area contributed by atoms with Crippen molar-refractivity contribution >= 4 is 5.82 Å². The average molecular weight is 404 g/mol. The SMILES string of the molecule is Cc1ccccc1-c1noc(CN2CCN(c3ccc(C(F)(F)F)nn3)CC2)n1. The van der Waals surface area contributed by atoms with Gasteiger partial charge in [-0.1, -0.05) is 29.4 Å². The van der Waals surface area contributed by atoms with E-state index in [4.69, 9.17) is 4.52 Å². The maximum Gasteiger partial charge on any atom is 0.435 e. The minimum atomic E-state index is -4.48. The zero-order valence-electron chi connectivity index (χ0n) is 15.7. The molecule has 4 rings (SSSR count). The Morgan fingerprint density at radius 2 is 1.76 bits per heavy atom. The summed E-state index contributed by atoms with van der Waals surface area (Å²) < 4.78 is 43.2. The van der Waals surface area contributed by atoms with Gasteiger partial charge in [-0.2, -0.15) is 18.2 Å². The van der Waals surface area contributed by atoms with E-state index in [1.165, 1.54) is 6.07 Å². The molecule has 3 heterocycles. The molecule has 10 heteroatoms. The molecule has 1 saturated heterocycles. The van der Waals surface area contributed by atoms with Crippen LogP contribution in [0.5, 0.6) is 0 Å².